The van der Waals surface area contributed by atoms with Gasteiger partial charge in [-0.15, -0.1) is 0 Å². The van der Waals surface area contributed by atoms with E-state index in [1.54, 1.807) is 31.2 Å². The summed E-state index contributed by atoms with van der Waals surface area (Å²) in [6, 6.07) is 7.15. The minimum Gasteiger partial charge on any atom is -0.496 e. The highest BCUT2D eigenvalue weighted by atomic mass is 16.5. The topological polar surface area (TPSA) is 84.9 Å². The maximum absolute atomic E-state index is 12.7. The molecule has 0 radical (unpaired) electrons. The van der Waals surface area contributed by atoms with E-state index >= 15 is 0 Å². The first kappa shape index (κ1) is 21.7. The van der Waals surface area contributed by atoms with Crippen LogP contribution in [0.1, 0.15) is 56.8 Å². The molecule has 28 heavy (non-hydrogen) atoms. The number of ether oxygens (including phenoxy) is 2. The number of hydrogen-bond donors (Lipinski definition) is 1. The molecule has 1 aromatic carbocycles. The molecular formula is C21H30N2O5. The van der Waals surface area contributed by atoms with E-state index in [0.29, 0.717) is 11.3 Å². The Balaban J connectivity index is 1.80. The van der Waals surface area contributed by atoms with E-state index in [1.165, 1.54) is 7.11 Å². The second kappa shape index (κ2) is 10.1. The summed E-state index contributed by atoms with van der Waals surface area (Å²) in [4.78, 5) is 38.8. The predicted octanol–water partition coefficient (Wildman–Crippen LogP) is 2.54. The van der Waals surface area contributed by atoms with Gasteiger partial charge in [0, 0.05) is 18.6 Å². The smallest absolute Gasteiger partial charge is 0.308 e. The second-order valence-corrected chi connectivity index (χ2v) is 7.21. The van der Waals surface area contributed by atoms with Gasteiger partial charge in [-0.05, 0) is 52.2 Å². The van der Waals surface area contributed by atoms with Crippen molar-refractivity contribution in [3.05, 3.63) is 29.8 Å². The maximum Gasteiger partial charge on any atom is 0.308 e. The van der Waals surface area contributed by atoms with Gasteiger partial charge >= 0.3 is 5.97 Å². The number of rotatable bonds is 7. The highest BCUT2D eigenvalue weighted by Crippen LogP contribution is 2.23. The molecule has 1 aromatic rings. The van der Waals surface area contributed by atoms with Gasteiger partial charge < -0.3 is 19.7 Å². The van der Waals surface area contributed by atoms with Gasteiger partial charge in [0.05, 0.1) is 19.1 Å². The van der Waals surface area contributed by atoms with Crippen molar-refractivity contribution in [2.75, 3.05) is 13.7 Å². The summed E-state index contributed by atoms with van der Waals surface area (Å²) < 4.78 is 10.4. The Morgan fingerprint density at radius 1 is 1.18 bits per heavy atom. The van der Waals surface area contributed by atoms with Crippen molar-refractivity contribution < 1.29 is 23.9 Å². The Kier molecular flexibility index (Phi) is 7.84. The van der Waals surface area contributed by atoms with Crippen molar-refractivity contribution in [1.29, 1.82) is 0 Å². The van der Waals surface area contributed by atoms with Crippen LogP contribution in [0, 0.1) is 0 Å². The van der Waals surface area contributed by atoms with Gasteiger partial charge in [-0.2, -0.15) is 0 Å². The summed E-state index contributed by atoms with van der Waals surface area (Å²) in [6.07, 6.45) is 2.19. The fourth-order valence-electron chi connectivity index (χ4n) is 3.58. The Morgan fingerprint density at radius 3 is 2.46 bits per heavy atom. The molecule has 3 atom stereocenters. The number of esters is 1. The fraction of sp³-hybridized carbons (Fsp3) is 0.571. The molecule has 0 aromatic heterocycles. The molecule has 0 saturated carbocycles. The van der Waals surface area contributed by atoms with Gasteiger partial charge in [-0.1, -0.05) is 12.1 Å². The van der Waals surface area contributed by atoms with E-state index in [-0.39, 0.29) is 36.9 Å². The van der Waals surface area contributed by atoms with Crippen LogP contribution in [0.25, 0.3) is 0 Å². The van der Waals surface area contributed by atoms with Crippen LogP contribution >= 0.6 is 0 Å². The number of carbonyl (C=O) groups is 3. The lowest BCUT2D eigenvalue weighted by Gasteiger charge is -2.40. The minimum absolute atomic E-state index is 0.0103. The number of likely N-dealkylation sites (tertiary alicyclic amines) is 1. The highest BCUT2D eigenvalue weighted by molar-refractivity contribution is 5.97. The third-order valence-electron chi connectivity index (χ3n) is 5.07. The fourth-order valence-corrected chi connectivity index (χ4v) is 3.58. The normalized spacial score (nSPS) is 20.2. The predicted molar refractivity (Wildman–Crippen MR) is 105 cm³/mol. The molecule has 2 amide bonds. The molecule has 154 valence electrons. The number of para-hydroxylation sites is 1. The molecular weight excluding hydrogens is 360 g/mol. The van der Waals surface area contributed by atoms with Crippen LogP contribution in [0.5, 0.6) is 5.75 Å². The first-order valence-electron chi connectivity index (χ1n) is 9.78. The second-order valence-electron chi connectivity index (χ2n) is 7.21. The Labute approximate surface area is 166 Å². The molecule has 1 aliphatic heterocycles. The molecule has 7 heteroatoms. The average molecular weight is 390 g/mol. The van der Waals surface area contributed by atoms with Gasteiger partial charge in [0.25, 0.3) is 11.8 Å². The standard InChI is InChI=1S/C21H30N2O5/c1-14-8-7-9-15(2)23(14)21(26)16(3)28-19(24)12-13-22-20(25)17-10-5-6-11-18(17)27-4/h5-6,10-11,14-16H,7-9,12-13H2,1-4H3,(H,22,25)/t14-,15+,16-/m0/s1. The molecule has 2 rings (SSSR count). The zero-order chi connectivity index (χ0) is 20.7. The van der Waals surface area contributed by atoms with E-state index in [4.69, 9.17) is 9.47 Å². The van der Waals surface area contributed by atoms with Gasteiger partial charge in [0.2, 0.25) is 0 Å². The van der Waals surface area contributed by atoms with Crippen LogP contribution in [0.15, 0.2) is 24.3 Å². The third kappa shape index (κ3) is 5.47. The summed E-state index contributed by atoms with van der Waals surface area (Å²) in [6.45, 7) is 5.76. The SMILES string of the molecule is COc1ccccc1C(=O)NCCC(=O)O[C@@H](C)C(=O)N1[C@H](C)CCC[C@@H]1C. The molecule has 7 nitrogen and oxygen atoms in total. The van der Waals surface area contributed by atoms with Crippen LogP contribution in [-0.4, -0.2) is 54.5 Å². The largest absolute Gasteiger partial charge is 0.496 e. The van der Waals surface area contributed by atoms with E-state index < -0.39 is 12.1 Å². The zero-order valence-corrected chi connectivity index (χ0v) is 17.1. The lowest BCUT2D eigenvalue weighted by atomic mass is 9.97. The zero-order valence-electron chi connectivity index (χ0n) is 17.1. The summed E-state index contributed by atoms with van der Waals surface area (Å²) in [5.41, 5.74) is 0.398. The molecule has 0 bridgehead atoms. The van der Waals surface area contributed by atoms with E-state index in [1.807, 2.05) is 18.7 Å². The van der Waals surface area contributed by atoms with E-state index in [2.05, 4.69) is 5.32 Å². The van der Waals surface area contributed by atoms with Crippen LogP contribution in [0.3, 0.4) is 0 Å². The Morgan fingerprint density at radius 2 is 1.82 bits per heavy atom. The summed E-state index contributed by atoms with van der Waals surface area (Å²) in [7, 11) is 1.49. The number of carbonyl (C=O) groups excluding carboxylic acids is 3. The molecule has 0 spiro atoms. The average Bonchev–Trinajstić information content (AvgIpc) is 2.67. The van der Waals surface area contributed by atoms with E-state index in [9.17, 15) is 14.4 Å². The number of piperidine rings is 1. The molecule has 0 aliphatic carbocycles. The van der Waals surface area contributed by atoms with Crippen molar-refractivity contribution >= 4 is 17.8 Å². The first-order valence-corrected chi connectivity index (χ1v) is 9.78. The molecule has 1 N–H and O–H groups in total. The van der Waals surface area contributed by atoms with Crippen molar-refractivity contribution in [1.82, 2.24) is 10.2 Å². The summed E-state index contributed by atoms with van der Waals surface area (Å²) in [5.74, 6) is -0.540. The summed E-state index contributed by atoms with van der Waals surface area (Å²) in [5, 5.41) is 2.67. The number of nitrogens with zero attached hydrogens (tertiary/aromatic N) is 1. The number of methoxy groups -OCH3 is 1. The number of nitrogens with one attached hydrogen (secondary N) is 1. The lowest BCUT2D eigenvalue weighted by molar-refractivity contribution is -0.162. The van der Waals surface area contributed by atoms with Crippen molar-refractivity contribution in [2.45, 2.75) is 64.6 Å². The third-order valence-corrected chi connectivity index (χ3v) is 5.07. The van der Waals surface area contributed by atoms with Crippen LogP contribution in [-0.2, 0) is 14.3 Å². The van der Waals surface area contributed by atoms with Gasteiger partial charge in [-0.3, -0.25) is 14.4 Å². The quantitative estimate of drug-likeness (QED) is 0.723. The molecule has 1 fully saturated rings. The molecule has 0 unspecified atom stereocenters. The minimum atomic E-state index is -0.833. The van der Waals surface area contributed by atoms with Crippen molar-refractivity contribution in [3.63, 3.8) is 0 Å². The molecule has 1 aliphatic rings. The Bertz CT molecular complexity index is 696. The van der Waals surface area contributed by atoms with Crippen molar-refractivity contribution in [3.8, 4) is 5.75 Å². The van der Waals surface area contributed by atoms with Gasteiger partial charge in [0.15, 0.2) is 6.10 Å². The monoisotopic (exact) mass is 390 g/mol. The van der Waals surface area contributed by atoms with Crippen LogP contribution < -0.4 is 10.1 Å². The highest BCUT2D eigenvalue weighted by Gasteiger charge is 2.33. The maximum atomic E-state index is 12.7. The van der Waals surface area contributed by atoms with Crippen LogP contribution in [0.4, 0.5) is 0 Å². The number of benzene rings is 1. The van der Waals surface area contributed by atoms with Gasteiger partial charge in [0.1, 0.15) is 5.75 Å². The molecule has 1 heterocycles. The molecule has 1 saturated heterocycles. The van der Waals surface area contributed by atoms with E-state index in [0.717, 1.165) is 19.3 Å². The first-order chi connectivity index (χ1) is 13.3. The Hall–Kier alpha value is -2.57. The van der Waals surface area contributed by atoms with Crippen molar-refractivity contribution in [2.24, 2.45) is 0 Å². The lowest BCUT2D eigenvalue weighted by Crippen LogP contribution is -2.51. The number of hydrogen-bond acceptors (Lipinski definition) is 5. The summed E-state index contributed by atoms with van der Waals surface area (Å²) >= 11 is 0. The van der Waals surface area contributed by atoms with Crippen LogP contribution in [0.2, 0.25) is 0 Å². The van der Waals surface area contributed by atoms with Gasteiger partial charge in [-0.25, -0.2) is 0 Å². The number of amides is 2.